The van der Waals surface area contributed by atoms with Crippen molar-refractivity contribution < 1.29 is 4.79 Å². The maximum absolute atomic E-state index is 13.5. The SMILES string of the molecule is CN(C)C(C(=O)N1CCc2ccc(N3CCCC3)cc21)c1ccccc1. The smallest absolute Gasteiger partial charge is 0.248 e. The molecule has 136 valence electrons. The molecule has 0 N–H and O–H groups in total. The first-order valence-corrected chi connectivity index (χ1v) is 9.56. The summed E-state index contributed by atoms with van der Waals surface area (Å²) in [6, 6.07) is 16.5. The van der Waals surface area contributed by atoms with E-state index in [1.807, 2.05) is 54.2 Å². The molecular weight excluding hydrogens is 322 g/mol. The number of hydrogen-bond donors (Lipinski definition) is 0. The van der Waals surface area contributed by atoms with Crippen molar-refractivity contribution in [2.45, 2.75) is 25.3 Å². The van der Waals surface area contributed by atoms with Crippen molar-refractivity contribution in [3.63, 3.8) is 0 Å². The molecule has 0 aliphatic carbocycles. The van der Waals surface area contributed by atoms with Crippen molar-refractivity contribution in [1.82, 2.24) is 4.90 Å². The second-order valence-corrected chi connectivity index (χ2v) is 7.52. The van der Waals surface area contributed by atoms with E-state index in [-0.39, 0.29) is 11.9 Å². The summed E-state index contributed by atoms with van der Waals surface area (Å²) in [5, 5.41) is 0. The van der Waals surface area contributed by atoms with Gasteiger partial charge in [0, 0.05) is 31.0 Å². The van der Waals surface area contributed by atoms with Crippen molar-refractivity contribution in [3.8, 4) is 0 Å². The lowest BCUT2D eigenvalue weighted by molar-refractivity contribution is -0.123. The maximum Gasteiger partial charge on any atom is 0.248 e. The van der Waals surface area contributed by atoms with E-state index in [2.05, 4.69) is 23.1 Å². The summed E-state index contributed by atoms with van der Waals surface area (Å²) in [6.45, 7) is 3.02. The molecule has 1 atom stereocenters. The van der Waals surface area contributed by atoms with Gasteiger partial charge in [0.15, 0.2) is 0 Å². The lowest BCUT2D eigenvalue weighted by atomic mass is 10.0. The zero-order valence-corrected chi connectivity index (χ0v) is 15.7. The second kappa shape index (κ2) is 7.12. The van der Waals surface area contributed by atoms with Crippen molar-refractivity contribution in [2.24, 2.45) is 0 Å². The highest BCUT2D eigenvalue weighted by atomic mass is 16.2. The fourth-order valence-electron chi connectivity index (χ4n) is 4.21. The number of benzene rings is 2. The Kier molecular flexibility index (Phi) is 4.68. The maximum atomic E-state index is 13.5. The van der Waals surface area contributed by atoms with Gasteiger partial charge < -0.3 is 9.80 Å². The molecule has 4 nitrogen and oxygen atoms in total. The van der Waals surface area contributed by atoms with Gasteiger partial charge in [0.2, 0.25) is 5.91 Å². The quantitative estimate of drug-likeness (QED) is 0.845. The highest BCUT2D eigenvalue weighted by Crippen LogP contribution is 2.35. The zero-order chi connectivity index (χ0) is 18.1. The highest BCUT2D eigenvalue weighted by Gasteiger charge is 2.32. The molecule has 2 aliphatic rings. The third-order valence-corrected chi connectivity index (χ3v) is 5.57. The van der Waals surface area contributed by atoms with Crippen LogP contribution in [-0.2, 0) is 11.2 Å². The Morgan fingerprint density at radius 1 is 1.00 bits per heavy atom. The van der Waals surface area contributed by atoms with E-state index in [1.54, 1.807) is 0 Å². The Balaban J connectivity index is 1.65. The molecule has 0 radical (unpaired) electrons. The Bertz CT molecular complexity index is 781. The Labute approximate surface area is 156 Å². The molecule has 2 aliphatic heterocycles. The van der Waals surface area contributed by atoms with Gasteiger partial charge in [-0.05, 0) is 56.6 Å². The van der Waals surface area contributed by atoms with Gasteiger partial charge in [0.25, 0.3) is 0 Å². The molecule has 2 heterocycles. The van der Waals surface area contributed by atoms with Crippen LogP contribution in [0.2, 0.25) is 0 Å². The Hall–Kier alpha value is -2.33. The number of rotatable bonds is 4. The number of fused-ring (bicyclic) bond motifs is 1. The predicted octanol–water partition coefficient (Wildman–Crippen LogP) is 3.48. The van der Waals surface area contributed by atoms with Crippen LogP contribution in [0.25, 0.3) is 0 Å². The third kappa shape index (κ3) is 3.10. The largest absolute Gasteiger partial charge is 0.371 e. The van der Waals surface area contributed by atoms with E-state index in [4.69, 9.17) is 0 Å². The van der Waals surface area contributed by atoms with Crippen molar-refractivity contribution in [1.29, 1.82) is 0 Å². The zero-order valence-electron chi connectivity index (χ0n) is 15.7. The number of amides is 1. The van der Waals surface area contributed by atoms with Crippen LogP contribution in [0.4, 0.5) is 11.4 Å². The summed E-state index contributed by atoms with van der Waals surface area (Å²) in [5.41, 5.74) is 4.68. The molecule has 2 aromatic rings. The van der Waals surface area contributed by atoms with Crippen LogP contribution in [-0.4, -0.2) is 44.5 Å². The summed E-state index contributed by atoms with van der Waals surface area (Å²) in [7, 11) is 3.96. The molecule has 0 spiro atoms. The van der Waals surface area contributed by atoms with Gasteiger partial charge in [-0.3, -0.25) is 9.69 Å². The third-order valence-electron chi connectivity index (χ3n) is 5.57. The van der Waals surface area contributed by atoms with Crippen LogP contribution >= 0.6 is 0 Å². The molecule has 26 heavy (non-hydrogen) atoms. The first-order chi connectivity index (χ1) is 12.6. The molecule has 0 saturated carbocycles. The first kappa shape index (κ1) is 17.1. The van der Waals surface area contributed by atoms with Crippen molar-refractivity contribution in [2.75, 3.05) is 43.5 Å². The molecule has 1 unspecified atom stereocenters. The van der Waals surface area contributed by atoms with Crippen LogP contribution in [0.15, 0.2) is 48.5 Å². The van der Waals surface area contributed by atoms with Gasteiger partial charge in [-0.15, -0.1) is 0 Å². The fourth-order valence-corrected chi connectivity index (χ4v) is 4.21. The number of nitrogens with zero attached hydrogens (tertiary/aromatic N) is 3. The molecule has 1 fully saturated rings. The van der Waals surface area contributed by atoms with Crippen molar-refractivity contribution in [3.05, 3.63) is 59.7 Å². The monoisotopic (exact) mass is 349 g/mol. The standard InChI is InChI=1S/C22H27N3O/c1-23(2)21(18-8-4-3-5-9-18)22(26)25-15-12-17-10-11-19(16-20(17)25)24-13-6-7-14-24/h3-5,8-11,16,21H,6-7,12-15H2,1-2H3. The summed E-state index contributed by atoms with van der Waals surface area (Å²) in [6.07, 6.45) is 3.46. The van der Waals surface area contributed by atoms with Gasteiger partial charge in [-0.2, -0.15) is 0 Å². The van der Waals surface area contributed by atoms with Gasteiger partial charge in [0.05, 0.1) is 0 Å². The number of carbonyl (C=O) groups is 1. The number of anilines is 2. The van der Waals surface area contributed by atoms with Crippen LogP contribution in [0.1, 0.15) is 30.0 Å². The molecule has 4 rings (SSSR count). The minimum Gasteiger partial charge on any atom is -0.371 e. The average Bonchev–Trinajstić information content (AvgIpc) is 3.31. The average molecular weight is 349 g/mol. The van der Waals surface area contributed by atoms with E-state index in [9.17, 15) is 4.79 Å². The van der Waals surface area contributed by atoms with Crippen LogP contribution < -0.4 is 9.80 Å². The van der Waals surface area contributed by atoms with Gasteiger partial charge in [0.1, 0.15) is 6.04 Å². The van der Waals surface area contributed by atoms with Gasteiger partial charge in [-0.1, -0.05) is 36.4 Å². The second-order valence-electron chi connectivity index (χ2n) is 7.52. The Morgan fingerprint density at radius 2 is 1.73 bits per heavy atom. The van der Waals surface area contributed by atoms with Crippen LogP contribution in [0.5, 0.6) is 0 Å². The predicted molar refractivity (Wildman–Crippen MR) is 107 cm³/mol. The normalized spacial score (nSPS) is 17.7. The van der Waals surface area contributed by atoms with Crippen molar-refractivity contribution >= 4 is 17.3 Å². The minimum absolute atomic E-state index is 0.165. The Morgan fingerprint density at radius 3 is 2.42 bits per heavy atom. The molecule has 2 aromatic carbocycles. The number of carbonyl (C=O) groups excluding carboxylic acids is 1. The lowest BCUT2D eigenvalue weighted by Gasteiger charge is -2.29. The highest BCUT2D eigenvalue weighted by molar-refractivity contribution is 6.00. The fraction of sp³-hybridized carbons (Fsp3) is 0.409. The molecule has 1 saturated heterocycles. The number of likely N-dealkylation sites (N-methyl/N-ethyl adjacent to an activating group) is 1. The molecule has 0 aromatic heterocycles. The summed E-state index contributed by atoms with van der Waals surface area (Å²) in [5.74, 6) is 0.165. The first-order valence-electron chi connectivity index (χ1n) is 9.56. The number of hydrogen-bond acceptors (Lipinski definition) is 3. The topological polar surface area (TPSA) is 26.8 Å². The summed E-state index contributed by atoms with van der Waals surface area (Å²) < 4.78 is 0. The van der Waals surface area contributed by atoms with E-state index in [1.165, 1.54) is 24.1 Å². The van der Waals surface area contributed by atoms with E-state index < -0.39 is 0 Å². The molecule has 1 amide bonds. The van der Waals surface area contributed by atoms with Gasteiger partial charge in [-0.25, -0.2) is 0 Å². The van der Waals surface area contributed by atoms with E-state index >= 15 is 0 Å². The molecule has 0 bridgehead atoms. The molecular formula is C22H27N3O. The van der Waals surface area contributed by atoms with Gasteiger partial charge >= 0.3 is 0 Å². The van der Waals surface area contributed by atoms with Crippen LogP contribution in [0.3, 0.4) is 0 Å². The lowest BCUT2D eigenvalue weighted by Crippen LogP contribution is -2.39. The van der Waals surface area contributed by atoms with E-state index in [0.717, 1.165) is 37.3 Å². The summed E-state index contributed by atoms with van der Waals surface area (Å²) in [4.78, 5) is 19.9. The van der Waals surface area contributed by atoms with Crippen LogP contribution in [0, 0.1) is 0 Å². The molecule has 4 heteroatoms. The summed E-state index contributed by atoms with van der Waals surface area (Å²) >= 11 is 0. The van der Waals surface area contributed by atoms with E-state index in [0.29, 0.717) is 0 Å². The minimum atomic E-state index is -0.252.